The minimum atomic E-state index is -0.222. The van der Waals surface area contributed by atoms with Crippen molar-refractivity contribution < 1.29 is 9.59 Å². The monoisotopic (exact) mass is 306 g/mol. The molecule has 2 amide bonds. The molecule has 0 radical (unpaired) electrons. The summed E-state index contributed by atoms with van der Waals surface area (Å²) in [4.78, 5) is 28.4. The van der Waals surface area contributed by atoms with E-state index in [1.165, 1.54) is 0 Å². The fourth-order valence-electron chi connectivity index (χ4n) is 3.40. The molecule has 2 aliphatic heterocycles. The summed E-state index contributed by atoms with van der Waals surface area (Å²) in [7, 11) is 1.86. The molecule has 4 nitrogen and oxygen atoms in total. The van der Waals surface area contributed by atoms with Crippen LogP contribution < -0.4 is 0 Å². The van der Waals surface area contributed by atoms with Gasteiger partial charge in [-0.15, -0.1) is 0 Å². The molecule has 2 fully saturated rings. The summed E-state index contributed by atoms with van der Waals surface area (Å²) < 4.78 is 0. The molecular weight excluding hydrogens is 288 g/mol. The highest BCUT2D eigenvalue weighted by Crippen LogP contribution is 2.41. The molecule has 3 rings (SSSR count). The van der Waals surface area contributed by atoms with E-state index in [0.717, 1.165) is 25.8 Å². The quantitative estimate of drug-likeness (QED) is 0.799. The van der Waals surface area contributed by atoms with Gasteiger partial charge in [0, 0.05) is 37.3 Å². The van der Waals surface area contributed by atoms with Gasteiger partial charge in [-0.3, -0.25) is 9.59 Å². The van der Waals surface area contributed by atoms with Crippen molar-refractivity contribution in [2.45, 2.75) is 19.3 Å². The first-order chi connectivity index (χ1) is 10.0. The van der Waals surface area contributed by atoms with Crippen molar-refractivity contribution in [3.8, 4) is 0 Å². The zero-order valence-corrected chi connectivity index (χ0v) is 12.9. The predicted molar refractivity (Wildman–Crippen MR) is 81.3 cm³/mol. The van der Waals surface area contributed by atoms with Crippen LogP contribution in [0.1, 0.15) is 29.6 Å². The Morgan fingerprint density at radius 2 is 1.86 bits per heavy atom. The highest BCUT2D eigenvalue weighted by Gasteiger charge is 2.47. The van der Waals surface area contributed by atoms with Crippen LogP contribution in [0.4, 0.5) is 0 Å². The number of rotatable bonds is 1. The molecule has 0 bridgehead atoms. The van der Waals surface area contributed by atoms with Gasteiger partial charge in [-0.25, -0.2) is 0 Å². The van der Waals surface area contributed by atoms with Gasteiger partial charge in [0.05, 0.1) is 5.41 Å². The number of halogens is 1. The number of carbonyl (C=O) groups excluding carboxylic acids is 2. The predicted octanol–water partition coefficient (Wildman–Crippen LogP) is 2.42. The second-order valence-corrected chi connectivity index (χ2v) is 6.50. The Balaban J connectivity index is 1.69. The summed E-state index contributed by atoms with van der Waals surface area (Å²) in [6, 6.07) is 7.03. The van der Waals surface area contributed by atoms with Crippen molar-refractivity contribution in [1.82, 2.24) is 9.80 Å². The van der Waals surface area contributed by atoms with Gasteiger partial charge in [0.15, 0.2) is 0 Å². The van der Waals surface area contributed by atoms with E-state index in [-0.39, 0.29) is 17.2 Å². The van der Waals surface area contributed by atoms with Crippen molar-refractivity contribution >= 4 is 23.4 Å². The molecule has 2 saturated heterocycles. The largest absolute Gasteiger partial charge is 0.345 e. The number of amides is 2. The first-order valence-electron chi connectivity index (χ1n) is 7.32. The number of nitrogens with zero attached hydrogens (tertiary/aromatic N) is 2. The van der Waals surface area contributed by atoms with Gasteiger partial charge in [0.1, 0.15) is 0 Å². The summed E-state index contributed by atoms with van der Waals surface area (Å²) in [6.07, 6.45) is 2.45. The van der Waals surface area contributed by atoms with E-state index in [2.05, 4.69) is 0 Å². The summed E-state index contributed by atoms with van der Waals surface area (Å²) in [5, 5.41) is 0.571. The fraction of sp³-hybridized carbons (Fsp3) is 0.500. The molecule has 2 aliphatic rings. The highest BCUT2D eigenvalue weighted by molar-refractivity contribution is 6.30. The van der Waals surface area contributed by atoms with Crippen LogP contribution in [0.5, 0.6) is 0 Å². The van der Waals surface area contributed by atoms with E-state index < -0.39 is 0 Å². The van der Waals surface area contributed by atoms with E-state index in [9.17, 15) is 9.59 Å². The lowest BCUT2D eigenvalue weighted by molar-refractivity contribution is -0.137. The Kier molecular flexibility index (Phi) is 3.66. The maximum Gasteiger partial charge on any atom is 0.253 e. The molecule has 0 unspecified atom stereocenters. The molecule has 1 aromatic carbocycles. The minimum absolute atomic E-state index is 0.00569. The molecule has 0 aliphatic carbocycles. The van der Waals surface area contributed by atoms with Crippen LogP contribution in [0.2, 0.25) is 5.02 Å². The maximum atomic E-state index is 12.5. The van der Waals surface area contributed by atoms with Crippen LogP contribution in [-0.4, -0.2) is 48.3 Å². The molecule has 5 heteroatoms. The van der Waals surface area contributed by atoms with Crippen LogP contribution in [0.15, 0.2) is 24.3 Å². The van der Waals surface area contributed by atoms with Crippen LogP contribution >= 0.6 is 11.6 Å². The lowest BCUT2D eigenvalue weighted by atomic mass is 9.77. The van der Waals surface area contributed by atoms with Gasteiger partial charge in [-0.1, -0.05) is 17.7 Å². The number of hydrogen-bond acceptors (Lipinski definition) is 2. The molecule has 0 aromatic heterocycles. The smallest absolute Gasteiger partial charge is 0.253 e. The molecule has 21 heavy (non-hydrogen) atoms. The summed E-state index contributed by atoms with van der Waals surface area (Å²) >= 11 is 5.94. The SMILES string of the molecule is CN1CCC2(CCN(C(=O)c3cccc(Cl)c3)CC2)C1=O. The molecule has 0 atom stereocenters. The standard InChI is InChI=1S/C16H19ClN2O2/c1-18-8-5-16(15(18)21)6-9-19(10-7-16)14(20)12-3-2-4-13(17)11-12/h2-4,11H,5-10H2,1H3. The molecule has 112 valence electrons. The van der Waals surface area contributed by atoms with E-state index in [1.54, 1.807) is 24.3 Å². The third-order valence-electron chi connectivity index (χ3n) is 4.81. The van der Waals surface area contributed by atoms with E-state index in [1.807, 2.05) is 16.8 Å². The molecule has 2 heterocycles. The Bertz CT molecular complexity index is 579. The summed E-state index contributed by atoms with van der Waals surface area (Å²) in [5.74, 6) is 0.253. The first kappa shape index (κ1) is 14.4. The highest BCUT2D eigenvalue weighted by atomic mass is 35.5. The molecule has 0 N–H and O–H groups in total. The van der Waals surface area contributed by atoms with Crippen LogP contribution in [-0.2, 0) is 4.79 Å². The van der Waals surface area contributed by atoms with Gasteiger partial charge in [-0.2, -0.15) is 0 Å². The molecule has 1 aromatic rings. The van der Waals surface area contributed by atoms with Crippen molar-refractivity contribution in [1.29, 1.82) is 0 Å². The lowest BCUT2D eigenvalue weighted by Crippen LogP contribution is -2.46. The summed E-state index contributed by atoms with van der Waals surface area (Å²) in [6.45, 7) is 2.12. The van der Waals surface area contributed by atoms with Crippen molar-refractivity contribution in [2.24, 2.45) is 5.41 Å². The third-order valence-corrected chi connectivity index (χ3v) is 5.04. The average molecular weight is 307 g/mol. The van der Waals surface area contributed by atoms with Crippen molar-refractivity contribution in [3.05, 3.63) is 34.9 Å². The molecule has 0 saturated carbocycles. The van der Waals surface area contributed by atoms with Gasteiger partial charge < -0.3 is 9.80 Å². The Hall–Kier alpha value is -1.55. The van der Waals surface area contributed by atoms with E-state index in [4.69, 9.17) is 11.6 Å². The van der Waals surface area contributed by atoms with Crippen molar-refractivity contribution in [2.75, 3.05) is 26.7 Å². The zero-order chi connectivity index (χ0) is 15.0. The van der Waals surface area contributed by atoms with Crippen LogP contribution in [0.25, 0.3) is 0 Å². The third kappa shape index (κ3) is 2.53. The second kappa shape index (κ2) is 5.34. The van der Waals surface area contributed by atoms with Gasteiger partial charge in [0.2, 0.25) is 5.91 Å². The maximum absolute atomic E-state index is 12.5. The number of carbonyl (C=O) groups is 2. The van der Waals surface area contributed by atoms with Gasteiger partial charge in [0.25, 0.3) is 5.91 Å². The minimum Gasteiger partial charge on any atom is -0.345 e. The normalized spacial score (nSPS) is 21.1. The fourth-order valence-corrected chi connectivity index (χ4v) is 3.59. The topological polar surface area (TPSA) is 40.6 Å². The van der Waals surface area contributed by atoms with Crippen LogP contribution in [0, 0.1) is 5.41 Å². The van der Waals surface area contributed by atoms with Crippen LogP contribution in [0.3, 0.4) is 0 Å². The Labute approximate surface area is 129 Å². The first-order valence-corrected chi connectivity index (χ1v) is 7.70. The number of benzene rings is 1. The zero-order valence-electron chi connectivity index (χ0n) is 12.1. The number of piperidine rings is 1. The van der Waals surface area contributed by atoms with Crippen molar-refractivity contribution in [3.63, 3.8) is 0 Å². The average Bonchev–Trinajstić information content (AvgIpc) is 2.76. The number of hydrogen-bond donors (Lipinski definition) is 0. The molecule has 1 spiro atoms. The second-order valence-electron chi connectivity index (χ2n) is 6.06. The number of likely N-dealkylation sites (tertiary alicyclic amines) is 2. The summed E-state index contributed by atoms with van der Waals surface area (Å²) in [5.41, 5.74) is 0.396. The Morgan fingerprint density at radius 3 is 2.43 bits per heavy atom. The van der Waals surface area contributed by atoms with Gasteiger partial charge >= 0.3 is 0 Å². The lowest BCUT2D eigenvalue weighted by Gasteiger charge is -2.37. The molecular formula is C16H19ClN2O2. The van der Waals surface area contributed by atoms with E-state index >= 15 is 0 Å². The Morgan fingerprint density at radius 1 is 1.19 bits per heavy atom. The van der Waals surface area contributed by atoms with Gasteiger partial charge in [-0.05, 0) is 37.5 Å². The van der Waals surface area contributed by atoms with E-state index in [0.29, 0.717) is 23.7 Å².